The number of furan rings is 1. The van der Waals surface area contributed by atoms with E-state index in [0.29, 0.717) is 49.8 Å². The second-order valence-electron chi connectivity index (χ2n) is 10.2. The molecule has 0 bridgehead atoms. The topological polar surface area (TPSA) is 115 Å². The molecule has 1 unspecified atom stereocenters. The van der Waals surface area contributed by atoms with Gasteiger partial charge in [0, 0.05) is 16.2 Å². The van der Waals surface area contributed by atoms with Crippen LogP contribution < -0.4 is 14.4 Å². The van der Waals surface area contributed by atoms with E-state index in [-0.39, 0.29) is 16.5 Å². The highest BCUT2D eigenvalue weighted by molar-refractivity contribution is 8.00. The van der Waals surface area contributed by atoms with Crippen LogP contribution in [0.15, 0.2) is 92.9 Å². The molecule has 0 aliphatic carbocycles. The standard InChI is InChI=1S/C33H28ClN3O6S2/c1-3-4-15-42-22-12-7-10-19(16-22)27-26(28(38)25-17-20-11-8-14-24(41-2)30(20)43-25)29(39)31(40)37(27)32-35-36-33(45-32)44-18-21-9-5-6-13-23(21)34/h5-14,16-17,27,39H,3-4,15,18H2,1-2H3. The van der Waals surface area contributed by atoms with Gasteiger partial charge in [-0.1, -0.05) is 90.5 Å². The summed E-state index contributed by atoms with van der Waals surface area (Å²) < 4.78 is 17.9. The number of nitrogens with zero attached hydrogens (tertiary/aromatic N) is 3. The SMILES string of the molecule is CCCCOc1cccc(C2C(C(=O)c3cc4cccc(OC)c4o3)=C(O)C(=O)N2c2nnc(SCc3ccccc3Cl)s2)c1. The molecular formula is C33H28ClN3O6S2. The smallest absolute Gasteiger partial charge is 0.296 e. The summed E-state index contributed by atoms with van der Waals surface area (Å²) in [5.41, 5.74) is 1.74. The number of carbonyl (C=O) groups is 2. The van der Waals surface area contributed by atoms with Gasteiger partial charge in [0.25, 0.3) is 5.91 Å². The molecule has 12 heteroatoms. The summed E-state index contributed by atoms with van der Waals surface area (Å²) in [5, 5.41) is 21.4. The fourth-order valence-corrected chi connectivity index (χ4v) is 7.17. The van der Waals surface area contributed by atoms with Gasteiger partial charge in [-0.2, -0.15) is 0 Å². The molecule has 0 spiro atoms. The Hall–Kier alpha value is -4.32. The first-order valence-electron chi connectivity index (χ1n) is 14.2. The number of aliphatic hydroxyl groups is 1. The number of unbranched alkanes of at least 4 members (excludes halogenated alkanes) is 1. The van der Waals surface area contributed by atoms with Crippen LogP contribution in [0.5, 0.6) is 11.5 Å². The van der Waals surface area contributed by atoms with Gasteiger partial charge in [-0.05, 0) is 47.9 Å². The molecule has 230 valence electrons. The predicted molar refractivity (Wildman–Crippen MR) is 175 cm³/mol. The number of ketones is 1. The largest absolute Gasteiger partial charge is 0.503 e. The maximum absolute atomic E-state index is 14.1. The fraction of sp³-hybridized carbons (Fsp3) is 0.212. The van der Waals surface area contributed by atoms with Crippen LogP contribution in [0.25, 0.3) is 11.0 Å². The lowest BCUT2D eigenvalue weighted by molar-refractivity contribution is -0.117. The Morgan fingerprint density at radius 1 is 1.11 bits per heavy atom. The highest BCUT2D eigenvalue weighted by Crippen LogP contribution is 2.45. The molecule has 0 fully saturated rings. The van der Waals surface area contributed by atoms with E-state index in [1.165, 1.54) is 35.1 Å². The van der Waals surface area contributed by atoms with Gasteiger partial charge in [-0.15, -0.1) is 10.2 Å². The first-order chi connectivity index (χ1) is 21.9. The van der Waals surface area contributed by atoms with Crippen LogP contribution in [0.2, 0.25) is 5.02 Å². The van der Waals surface area contributed by atoms with Gasteiger partial charge in [-0.25, -0.2) is 0 Å². The summed E-state index contributed by atoms with van der Waals surface area (Å²) in [5.74, 6) is -0.554. The number of rotatable bonds is 12. The minimum Gasteiger partial charge on any atom is -0.503 e. The maximum atomic E-state index is 14.1. The molecule has 1 aliphatic heterocycles. The van der Waals surface area contributed by atoms with Crippen molar-refractivity contribution in [2.75, 3.05) is 18.6 Å². The Bertz CT molecular complexity index is 1920. The zero-order chi connectivity index (χ0) is 31.5. The summed E-state index contributed by atoms with van der Waals surface area (Å²) in [6.07, 6.45) is 1.84. The lowest BCUT2D eigenvalue weighted by Gasteiger charge is -2.24. The number of ether oxygens (including phenoxy) is 2. The quantitative estimate of drug-likeness (QED) is 0.0611. The molecule has 1 amide bonds. The molecule has 3 aromatic carbocycles. The molecule has 1 N–H and O–H groups in total. The first kappa shape index (κ1) is 30.7. The number of aliphatic hydroxyl groups excluding tert-OH is 1. The van der Waals surface area contributed by atoms with Crippen molar-refractivity contribution >= 4 is 62.5 Å². The normalized spacial score (nSPS) is 14.9. The number of thioether (sulfide) groups is 1. The molecule has 0 saturated heterocycles. The van der Waals surface area contributed by atoms with E-state index in [1.54, 1.807) is 42.5 Å². The summed E-state index contributed by atoms with van der Waals surface area (Å²) in [7, 11) is 1.51. The van der Waals surface area contributed by atoms with E-state index < -0.39 is 23.5 Å². The van der Waals surface area contributed by atoms with Crippen LogP contribution in [0.1, 0.15) is 47.5 Å². The third-order valence-corrected chi connectivity index (χ3v) is 9.73. The van der Waals surface area contributed by atoms with Crippen molar-refractivity contribution in [2.45, 2.75) is 35.9 Å². The van der Waals surface area contributed by atoms with Crippen LogP contribution in [-0.4, -0.2) is 40.7 Å². The molecule has 0 radical (unpaired) electrons. The first-order valence-corrected chi connectivity index (χ1v) is 16.4. The summed E-state index contributed by atoms with van der Waals surface area (Å²) in [6, 6.07) is 20.5. The Morgan fingerprint density at radius 2 is 1.93 bits per heavy atom. The number of halogens is 1. The Labute approximate surface area is 272 Å². The maximum Gasteiger partial charge on any atom is 0.296 e. The van der Waals surface area contributed by atoms with Crippen molar-refractivity contribution in [3.05, 3.63) is 106 Å². The van der Waals surface area contributed by atoms with Crippen LogP contribution in [-0.2, 0) is 10.5 Å². The molecule has 3 heterocycles. The van der Waals surface area contributed by atoms with Gasteiger partial charge in [0.2, 0.25) is 10.9 Å². The van der Waals surface area contributed by atoms with Crippen molar-refractivity contribution in [3.8, 4) is 11.5 Å². The van der Waals surface area contributed by atoms with Crippen LogP contribution in [0.3, 0.4) is 0 Å². The van der Waals surface area contributed by atoms with Crippen molar-refractivity contribution in [1.82, 2.24) is 10.2 Å². The number of amides is 1. The molecule has 2 aromatic heterocycles. The number of aromatic nitrogens is 2. The highest BCUT2D eigenvalue weighted by Gasteiger charge is 2.47. The van der Waals surface area contributed by atoms with E-state index >= 15 is 0 Å². The second kappa shape index (κ2) is 13.4. The number of fused-ring (bicyclic) bond motifs is 1. The van der Waals surface area contributed by atoms with Crippen molar-refractivity contribution in [2.24, 2.45) is 0 Å². The number of para-hydroxylation sites is 1. The lowest BCUT2D eigenvalue weighted by Crippen LogP contribution is -2.31. The van der Waals surface area contributed by atoms with Gasteiger partial charge < -0.3 is 19.0 Å². The average Bonchev–Trinajstić information content (AvgIpc) is 3.77. The summed E-state index contributed by atoms with van der Waals surface area (Å²) in [4.78, 5) is 29.1. The number of carbonyl (C=O) groups excluding carboxylic acids is 2. The Kier molecular flexibility index (Phi) is 9.11. The third kappa shape index (κ3) is 6.15. The van der Waals surface area contributed by atoms with Crippen molar-refractivity contribution in [3.63, 3.8) is 0 Å². The average molecular weight is 662 g/mol. The van der Waals surface area contributed by atoms with E-state index in [2.05, 4.69) is 17.1 Å². The Morgan fingerprint density at radius 3 is 2.73 bits per heavy atom. The second-order valence-corrected chi connectivity index (χ2v) is 12.7. The third-order valence-electron chi connectivity index (χ3n) is 7.26. The van der Waals surface area contributed by atoms with E-state index in [9.17, 15) is 14.7 Å². The summed E-state index contributed by atoms with van der Waals surface area (Å²) >= 11 is 8.93. The molecule has 6 rings (SSSR count). The van der Waals surface area contributed by atoms with Crippen molar-refractivity contribution < 1.29 is 28.6 Å². The van der Waals surface area contributed by atoms with Crippen LogP contribution in [0.4, 0.5) is 5.13 Å². The van der Waals surface area contributed by atoms with Gasteiger partial charge in [0.15, 0.2) is 27.2 Å². The zero-order valence-electron chi connectivity index (χ0n) is 24.4. The predicted octanol–water partition coefficient (Wildman–Crippen LogP) is 8.20. The zero-order valence-corrected chi connectivity index (χ0v) is 26.7. The molecule has 45 heavy (non-hydrogen) atoms. The van der Waals surface area contributed by atoms with E-state index in [1.807, 2.05) is 30.3 Å². The summed E-state index contributed by atoms with van der Waals surface area (Å²) in [6.45, 7) is 2.59. The van der Waals surface area contributed by atoms with Crippen molar-refractivity contribution in [1.29, 1.82) is 0 Å². The van der Waals surface area contributed by atoms with Gasteiger partial charge in [0.05, 0.1) is 25.3 Å². The van der Waals surface area contributed by atoms with Gasteiger partial charge in [-0.3, -0.25) is 14.5 Å². The molecular weight excluding hydrogens is 634 g/mol. The minimum absolute atomic E-state index is 0.0423. The van der Waals surface area contributed by atoms with Gasteiger partial charge in [0.1, 0.15) is 5.75 Å². The number of anilines is 1. The van der Waals surface area contributed by atoms with E-state index in [4.69, 9.17) is 25.5 Å². The fourth-order valence-electron chi connectivity index (χ4n) is 5.01. The minimum atomic E-state index is -1.02. The van der Waals surface area contributed by atoms with E-state index in [0.717, 1.165) is 18.4 Å². The Balaban J connectivity index is 1.38. The molecule has 1 aliphatic rings. The molecule has 5 aromatic rings. The van der Waals surface area contributed by atoms with Crippen LogP contribution in [0, 0.1) is 0 Å². The molecule has 1 atom stereocenters. The number of hydrogen-bond acceptors (Lipinski definition) is 10. The monoisotopic (exact) mass is 661 g/mol. The number of methoxy groups -OCH3 is 1. The van der Waals surface area contributed by atoms with Crippen LogP contribution >= 0.6 is 34.7 Å². The lowest BCUT2D eigenvalue weighted by atomic mass is 9.95. The number of Topliss-reactive ketones (excluding diaryl/α,β-unsaturated/α-hetero) is 1. The number of benzene rings is 3. The molecule has 0 saturated carbocycles. The number of hydrogen-bond donors (Lipinski definition) is 1. The highest BCUT2D eigenvalue weighted by atomic mass is 35.5. The van der Waals surface area contributed by atoms with Gasteiger partial charge >= 0.3 is 0 Å². The molecule has 9 nitrogen and oxygen atoms in total.